The number of halogens is 1. The highest BCUT2D eigenvalue weighted by molar-refractivity contribution is 14.1. The van der Waals surface area contributed by atoms with Gasteiger partial charge in [-0.2, -0.15) is 0 Å². The van der Waals surface area contributed by atoms with Gasteiger partial charge in [0.1, 0.15) is 12.4 Å². The van der Waals surface area contributed by atoms with Gasteiger partial charge in [0.2, 0.25) is 5.69 Å². The van der Waals surface area contributed by atoms with Gasteiger partial charge in [-0.15, -0.1) is 0 Å². The summed E-state index contributed by atoms with van der Waals surface area (Å²) in [5, 5.41) is 3.09. The summed E-state index contributed by atoms with van der Waals surface area (Å²) in [7, 11) is 1.86. The standard InChI is InChI=1S/C10H14IN3/c1-5-7(11)6(2)9(13-3)10(14-4)8(5)12/h14H,3,12H2,1-2,4H3/p+1. The summed E-state index contributed by atoms with van der Waals surface area (Å²) >= 11 is 2.30. The maximum Gasteiger partial charge on any atom is 0.232 e. The van der Waals surface area contributed by atoms with E-state index >= 15 is 0 Å². The van der Waals surface area contributed by atoms with Crippen molar-refractivity contribution in [3.63, 3.8) is 0 Å². The zero-order valence-corrected chi connectivity index (χ0v) is 10.8. The third kappa shape index (κ3) is 1.58. The molecule has 0 saturated heterocycles. The molecule has 4 N–H and O–H groups in total. The van der Waals surface area contributed by atoms with E-state index in [1.165, 1.54) is 9.13 Å². The first-order valence-corrected chi connectivity index (χ1v) is 5.41. The third-order valence-corrected chi connectivity index (χ3v) is 4.00. The molecule has 76 valence electrons. The third-order valence-electron chi connectivity index (χ3n) is 2.38. The largest absolute Gasteiger partial charge is 0.397 e. The van der Waals surface area contributed by atoms with E-state index < -0.39 is 0 Å². The van der Waals surface area contributed by atoms with Gasteiger partial charge in [-0.05, 0) is 42.0 Å². The number of hydrogen-bond donors (Lipinski definition) is 3. The molecule has 0 aromatic heterocycles. The molecule has 1 aromatic carbocycles. The molecule has 1 rings (SSSR count). The zero-order valence-electron chi connectivity index (χ0n) is 8.66. The molecule has 14 heavy (non-hydrogen) atoms. The first-order valence-electron chi connectivity index (χ1n) is 4.33. The lowest BCUT2D eigenvalue weighted by molar-refractivity contribution is -0.341. The van der Waals surface area contributed by atoms with Gasteiger partial charge in [-0.25, -0.2) is 4.99 Å². The minimum Gasteiger partial charge on any atom is -0.397 e. The monoisotopic (exact) mass is 304 g/mol. The Balaban J connectivity index is 3.65. The Morgan fingerprint density at radius 2 is 1.93 bits per heavy atom. The molecular weight excluding hydrogens is 289 g/mol. The minimum absolute atomic E-state index is 0.786. The number of hydrogen-bond acceptors (Lipinski definition) is 2. The van der Waals surface area contributed by atoms with Crippen LogP contribution in [0, 0.1) is 17.4 Å². The second kappa shape index (κ2) is 4.16. The van der Waals surface area contributed by atoms with Crippen molar-refractivity contribution in [3.8, 4) is 0 Å². The molecule has 0 bridgehead atoms. The van der Waals surface area contributed by atoms with Crippen LogP contribution in [0.15, 0.2) is 0 Å². The lowest BCUT2D eigenvalue weighted by Crippen LogP contribution is -2.59. The van der Waals surface area contributed by atoms with E-state index in [1.54, 1.807) is 0 Å². The lowest BCUT2D eigenvalue weighted by Gasteiger charge is -2.12. The molecule has 0 saturated carbocycles. The highest BCUT2D eigenvalue weighted by Crippen LogP contribution is 2.35. The van der Waals surface area contributed by atoms with E-state index in [9.17, 15) is 0 Å². The fourth-order valence-electron chi connectivity index (χ4n) is 1.50. The minimum atomic E-state index is 0.786. The van der Waals surface area contributed by atoms with E-state index in [4.69, 9.17) is 5.73 Å². The van der Waals surface area contributed by atoms with Gasteiger partial charge in [-0.3, -0.25) is 0 Å². The van der Waals surface area contributed by atoms with Crippen LogP contribution in [0.1, 0.15) is 11.1 Å². The fraction of sp³-hybridized carbons (Fsp3) is 0.300. The van der Waals surface area contributed by atoms with Crippen LogP contribution in [0.5, 0.6) is 0 Å². The molecule has 0 spiro atoms. The van der Waals surface area contributed by atoms with E-state index in [0.29, 0.717) is 0 Å². The van der Waals surface area contributed by atoms with Crippen molar-refractivity contribution in [2.24, 2.45) is 0 Å². The van der Waals surface area contributed by atoms with Crippen molar-refractivity contribution < 1.29 is 4.99 Å². The number of nitrogen functional groups attached to an aromatic ring is 1. The molecule has 0 unspecified atom stereocenters. The molecule has 0 fully saturated rings. The predicted octanol–water partition coefficient (Wildman–Crippen LogP) is 0.945. The van der Waals surface area contributed by atoms with Crippen molar-refractivity contribution in [2.75, 3.05) is 18.1 Å². The first kappa shape index (κ1) is 11.3. The Hall–Kier alpha value is -0.780. The van der Waals surface area contributed by atoms with Crippen LogP contribution < -0.4 is 16.0 Å². The molecule has 0 aliphatic carbocycles. The van der Waals surface area contributed by atoms with Crippen LogP contribution in [0.3, 0.4) is 0 Å². The average molecular weight is 304 g/mol. The molecule has 0 amide bonds. The smallest absolute Gasteiger partial charge is 0.232 e. The van der Waals surface area contributed by atoms with Gasteiger partial charge in [0.15, 0.2) is 0 Å². The summed E-state index contributed by atoms with van der Waals surface area (Å²) in [4.78, 5) is 2.93. The molecule has 0 atom stereocenters. The fourth-order valence-corrected chi connectivity index (χ4v) is 2.06. The highest BCUT2D eigenvalue weighted by Gasteiger charge is 2.18. The second-order valence-corrected chi connectivity index (χ2v) is 4.23. The molecule has 0 heterocycles. The Morgan fingerprint density at radius 3 is 2.36 bits per heavy atom. The SMILES string of the molecule is C=[NH+]c1c(C)c(I)c(C)c(N)c1NC. The van der Waals surface area contributed by atoms with Crippen LogP contribution in [0.25, 0.3) is 0 Å². The number of benzene rings is 1. The van der Waals surface area contributed by atoms with Crippen LogP contribution in [-0.2, 0) is 0 Å². The molecule has 0 aliphatic heterocycles. The van der Waals surface area contributed by atoms with Gasteiger partial charge in [-0.1, -0.05) is 0 Å². The first-order chi connectivity index (χ1) is 6.54. The Kier molecular flexibility index (Phi) is 3.36. The van der Waals surface area contributed by atoms with Crippen LogP contribution in [-0.4, -0.2) is 13.8 Å². The van der Waals surface area contributed by atoms with Gasteiger partial charge < -0.3 is 11.1 Å². The van der Waals surface area contributed by atoms with Gasteiger partial charge >= 0.3 is 0 Å². The van der Waals surface area contributed by atoms with E-state index in [-0.39, 0.29) is 0 Å². The van der Waals surface area contributed by atoms with Crippen molar-refractivity contribution >= 4 is 46.4 Å². The normalized spacial score (nSPS) is 10.0. The zero-order chi connectivity index (χ0) is 10.9. The summed E-state index contributed by atoms with van der Waals surface area (Å²) in [5.41, 5.74) is 11.0. The molecule has 3 nitrogen and oxygen atoms in total. The lowest BCUT2D eigenvalue weighted by atomic mass is 10.1. The van der Waals surface area contributed by atoms with Crippen LogP contribution >= 0.6 is 22.6 Å². The number of nitrogens with two attached hydrogens (primary N) is 1. The van der Waals surface area contributed by atoms with Crippen molar-refractivity contribution in [3.05, 3.63) is 14.7 Å². The van der Waals surface area contributed by atoms with Gasteiger partial charge in [0, 0.05) is 16.2 Å². The number of nitrogens with one attached hydrogen (secondary N) is 2. The average Bonchev–Trinajstić information content (AvgIpc) is 2.20. The van der Waals surface area contributed by atoms with E-state index in [1.807, 2.05) is 14.0 Å². The molecule has 4 heteroatoms. The van der Waals surface area contributed by atoms with E-state index in [2.05, 4.69) is 46.5 Å². The molecule has 0 aliphatic rings. The summed E-state index contributed by atoms with van der Waals surface area (Å²) in [6, 6.07) is 0. The number of rotatable bonds is 2. The van der Waals surface area contributed by atoms with Gasteiger partial charge in [0.25, 0.3) is 0 Å². The topological polar surface area (TPSA) is 52.0 Å². The maximum absolute atomic E-state index is 6.00. The Morgan fingerprint density at radius 1 is 1.36 bits per heavy atom. The van der Waals surface area contributed by atoms with Crippen molar-refractivity contribution in [1.82, 2.24) is 0 Å². The summed E-state index contributed by atoms with van der Waals surface area (Å²) < 4.78 is 1.19. The Labute approximate surface area is 97.9 Å². The van der Waals surface area contributed by atoms with Crippen molar-refractivity contribution in [2.45, 2.75) is 13.8 Å². The van der Waals surface area contributed by atoms with Crippen LogP contribution in [0.2, 0.25) is 0 Å². The second-order valence-electron chi connectivity index (χ2n) is 3.15. The maximum atomic E-state index is 6.00. The summed E-state index contributed by atoms with van der Waals surface area (Å²) in [6.45, 7) is 7.77. The number of anilines is 2. The summed E-state index contributed by atoms with van der Waals surface area (Å²) in [5.74, 6) is 0. The van der Waals surface area contributed by atoms with Crippen molar-refractivity contribution in [1.29, 1.82) is 0 Å². The van der Waals surface area contributed by atoms with Gasteiger partial charge in [0.05, 0.1) is 5.69 Å². The highest BCUT2D eigenvalue weighted by atomic mass is 127. The quantitative estimate of drug-likeness (QED) is 0.433. The van der Waals surface area contributed by atoms with Crippen LogP contribution in [0.4, 0.5) is 17.1 Å². The predicted molar refractivity (Wildman–Crippen MR) is 70.3 cm³/mol. The Bertz CT molecular complexity index is 386. The summed E-state index contributed by atoms with van der Waals surface area (Å²) in [6.07, 6.45) is 0. The van der Waals surface area contributed by atoms with E-state index in [0.717, 1.165) is 22.6 Å². The molecule has 1 aromatic rings. The molecule has 0 radical (unpaired) electrons. The molecular formula is C10H15IN3+.